The van der Waals surface area contributed by atoms with E-state index in [2.05, 4.69) is 17.2 Å². The third kappa shape index (κ3) is 4.01. The van der Waals surface area contributed by atoms with Crippen LogP contribution in [0.15, 0.2) is 12.7 Å². The number of carbonyl (C=O) groups excluding carboxylic acids is 1. The van der Waals surface area contributed by atoms with Crippen LogP contribution in [0.3, 0.4) is 0 Å². The molecule has 2 atom stereocenters. The summed E-state index contributed by atoms with van der Waals surface area (Å²) in [6.07, 6.45) is 3.95. The van der Waals surface area contributed by atoms with Gasteiger partial charge >= 0.3 is 0 Å². The first-order chi connectivity index (χ1) is 7.19. The van der Waals surface area contributed by atoms with E-state index >= 15 is 0 Å². The summed E-state index contributed by atoms with van der Waals surface area (Å²) >= 11 is 0. The third-order valence-electron chi connectivity index (χ3n) is 2.73. The van der Waals surface area contributed by atoms with E-state index in [1.807, 2.05) is 0 Å². The Labute approximate surface area is 90.7 Å². The van der Waals surface area contributed by atoms with Crippen molar-refractivity contribution in [1.82, 2.24) is 10.6 Å². The Bertz CT molecular complexity index is 227. The average molecular weight is 212 g/mol. The van der Waals surface area contributed by atoms with Crippen LogP contribution >= 0.6 is 0 Å². The maximum atomic E-state index is 11.5. The van der Waals surface area contributed by atoms with Crippen molar-refractivity contribution in [3.8, 4) is 0 Å². The molecule has 1 saturated carbocycles. The summed E-state index contributed by atoms with van der Waals surface area (Å²) in [5, 5.41) is 15.4. The van der Waals surface area contributed by atoms with Gasteiger partial charge in [0.2, 0.25) is 0 Å². The number of carbonyl (C=O) groups is 1. The van der Waals surface area contributed by atoms with Gasteiger partial charge < -0.3 is 15.7 Å². The summed E-state index contributed by atoms with van der Waals surface area (Å²) in [4.78, 5) is 11.5. The van der Waals surface area contributed by atoms with Crippen LogP contribution < -0.4 is 10.6 Å². The third-order valence-corrected chi connectivity index (χ3v) is 2.73. The van der Waals surface area contributed by atoms with Crippen molar-refractivity contribution < 1.29 is 9.90 Å². The van der Waals surface area contributed by atoms with E-state index in [-0.39, 0.29) is 11.9 Å². The molecule has 0 heterocycles. The standard InChI is InChI=1S/C11H20N2O2/c1-3-6-13-11(15)10(14)9(12-2)7-8-4-5-8/h3,8-10,12,14H,1,4-7H2,2H3,(H,13,15). The van der Waals surface area contributed by atoms with Crippen molar-refractivity contribution in [3.63, 3.8) is 0 Å². The minimum Gasteiger partial charge on any atom is -0.382 e. The predicted molar refractivity (Wildman–Crippen MR) is 59.4 cm³/mol. The van der Waals surface area contributed by atoms with Crippen LogP contribution in [0.25, 0.3) is 0 Å². The SMILES string of the molecule is C=CCNC(=O)C(O)C(CC1CC1)NC. The van der Waals surface area contributed by atoms with E-state index in [4.69, 9.17) is 0 Å². The Morgan fingerprint density at radius 1 is 1.67 bits per heavy atom. The lowest BCUT2D eigenvalue weighted by atomic mass is 10.0. The van der Waals surface area contributed by atoms with Gasteiger partial charge in [0.05, 0.1) is 0 Å². The highest BCUT2D eigenvalue weighted by Gasteiger charge is 2.31. The van der Waals surface area contributed by atoms with E-state index in [9.17, 15) is 9.90 Å². The average Bonchev–Trinajstić information content (AvgIpc) is 3.05. The minimum atomic E-state index is -0.962. The first-order valence-corrected chi connectivity index (χ1v) is 5.43. The lowest BCUT2D eigenvalue weighted by molar-refractivity contribution is -0.130. The Balaban J connectivity index is 2.35. The molecule has 4 heteroatoms. The first-order valence-electron chi connectivity index (χ1n) is 5.43. The van der Waals surface area contributed by atoms with Crippen molar-refractivity contribution in [1.29, 1.82) is 0 Å². The van der Waals surface area contributed by atoms with Gasteiger partial charge in [0.1, 0.15) is 6.10 Å². The van der Waals surface area contributed by atoms with Crippen molar-refractivity contribution in [2.75, 3.05) is 13.6 Å². The highest BCUT2D eigenvalue weighted by molar-refractivity contribution is 5.81. The highest BCUT2D eigenvalue weighted by Crippen LogP contribution is 2.34. The van der Waals surface area contributed by atoms with Crippen LogP contribution in [-0.4, -0.2) is 36.8 Å². The normalized spacial score (nSPS) is 19.3. The van der Waals surface area contributed by atoms with Crippen LogP contribution in [0, 0.1) is 5.92 Å². The summed E-state index contributed by atoms with van der Waals surface area (Å²) in [5.41, 5.74) is 0. The fourth-order valence-electron chi connectivity index (χ4n) is 1.58. The molecule has 1 aliphatic carbocycles. The minimum absolute atomic E-state index is 0.137. The second-order valence-corrected chi connectivity index (χ2v) is 4.05. The topological polar surface area (TPSA) is 61.4 Å². The molecule has 1 fully saturated rings. The summed E-state index contributed by atoms with van der Waals surface area (Å²) < 4.78 is 0. The lowest BCUT2D eigenvalue weighted by Gasteiger charge is -2.21. The molecule has 0 radical (unpaired) electrons. The summed E-state index contributed by atoms with van der Waals surface area (Å²) in [5.74, 6) is 0.360. The molecule has 1 amide bonds. The van der Waals surface area contributed by atoms with Gasteiger partial charge in [-0.1, -0.05) is 18.9 Å². The molecule has 15 heavy (non-hydrogen) atoms. The van der Waals surface area contributed by atoms with E-state index < -0.39 is 6.10 Å². The van der Waals surface area contributed by atoms with Crippen molar-refractivity contribution >= 4 is 5.91 Å². The van der Waals surface area contributed by atoms with Crippen molar-refractivity contribution in [3.05, 3.63) is 12.7 Å². The fourth-order valence-corrected chi connectivity index (χ4v) is 1.58. The zero-order valence-electron chi connectivity index (χ0n) is 9.20. The van der Waals surface area contributed by atoms with Crippen LogP contribution in [-0.2, 0) is 4.79 Å². The van der Waals surface area contributed by atoms with Gasteiger partial charge in [-0.05, 0) is 19.4 Å². The largest absolute Gasteiger partial charge is 0.382 e. The number of nitrogens with one attached hydrogen (secondary N) is 2. The predicted octanol–water partition coefficient (Wildman–Crippen LogP) is 0.0376. The highest BCUT2D eigenvalue weighted by atomic mass is 16.3. The molecule has 86 valence electrons. The molecule has 0 aliphatic heterocycles. The van der Waals surface area contributed by atoms with Crippen LogP contribution in [0.1, 0.15) is 19.3 Å². The lowest BCUT2D eigenvalue weighted by Crippen LogP contribution is -2.48. The molecule has 0 saturated heterocycles. The second-order valence-electron chi connectivity index (χ2n) is 4.05. The summed E-state index contributed by atoms with van der Waals surface area (Å²) in [6.45, 7) is 3.90. The molecular weight excluding hydrogens is 192 g/mol. The first kappa shape index (κ1) is 12.2. The molecule has 1 rings (SSSR count). The summed E-state index contributed by atoms with van der Waals surface area (Å²) in [6, 6.07) is -0.137. The molecule has 3 N–H and O–H groups in total. The zero-order valence-corrected chi connectivity index (χ0v) is 9.20. The Morgan fingerprint density at radius 3 is 2.80 bits per heavy atom. The quantitative estimate of drug-likeness (QED) is 0.522. The molecule has 1 aliphatic rings. The van der Waals surface area contributed by atoms with Crippen molar-refractivity contribution in [2.24, 2.45) is 5.92 Å². The maximum Gasteiger partial charge on any atom is 0.250 e. The molecule has 4 nitrogen and oxygen atoms in total. The monoisotopic (exact) mass is 212 g/mol. The number of hydrogen-bond acceptors (Lipinski definition) is 3. The molecule has 0 aromatic carbocycles. The molecule has 2 unspecified atom stereocenters. The molecular formula is C11H20N2O2. The number of hydrogen-bond donors (Lipinski definition) is 3. The smallest absolute Gasteiger partial charge is 0.250 e. The van der Waals surface area contributed by atoms with Crippen LogP contribution in [0.2, 0.25) is 0 Å². The van der Waals surface area contributed by atoms with Crippen molar-refractivity contribution in [2.45, 2.75) is 31.4 Å². The van der Waals surface area contributed by atoms with Gasteiger partial charge in [-0.3, -0.25) is 4.79 Å². The molecule has 0 bridgehead atoms. The summed E-state index contributed by atoms with van der Waals surface area (Å²) in [7, 11) is 1.77. The van der Waals surface area contributed by atoms with Gasteiger partial charge in [-0.15, -0.1) is 6.58 Å². The molecule has 0 spiro atoms. The molecule has 0 aromatic rings. The van der Waals surface area contributed by atoms with E-state index in [0.717, 1.165) is 6.42 Å². The Hall–Kier alpha value is -0.870. The van der Waals surface area contributed by atoms with Gasteiger partial charge in [-0.25, -0.2) is 0 Å². The van der Waals surface area contributed by atoms with E-state index in [0.29, 0.717) is 12.5 Å². The number of amides is 1. The van der Waals surface area contributed by atoms with E-state index in [1.54, 1.807) is 13.1 Å². The number of likely N-dealkylation sites (N-methyl/N-ethyl adjacent to an activating group) is 1. The Morgan fingerprint density at radius 2 is 2.33 bits per heavy atom. The van der Waals surface area contributed by atoms with Crippen LogP contribution in [0.4, 0.5) is 0 Å². The van der Waals surface area contributed by atoms with Gasteiger partial charge in [0.25, 0.3) is 5.91 Å². The van der Waals surface area contributed by atoms with Gasteiger partial charge in [0, 0.05) is 12.6 Å². The number of aliphatic hydroxyl groups is 1. The number of rotatable bonds is 7. The second kappa shape index (κ2) is 5.88. The fraction of sp³-hybridized carbons (Fsp3) is 0.727. The van der Waals surface area contributed by atoms with E-state index in [1.165, 1.54) is 12.8 Å². The zero-order chi connectivity index (χ0) is 11.3. The molecule has 0 aromatic heterocycles. The maximum absolute atomic E-state index is 11.5. The van der Waals surface area contributed by atoms with Gasteiger partial charge in [0.15, 0.2) is 0 Å². The number of aliphatic hydroxyl groups excluding tert-OH is 1. The Kier molecular flexibility index (Phi) is 4.78. The van der Waals surface area contributed by atoms with Crippen LogP contribution in [0.5, 0.6) is 0 Å². The van der Waals surface area contributed by atoms with Gasteiger partial charge in [-0.2, -0.15) is 0 Å².